The Bertz CT molecular complexity index is 1090. The molecule has 2 aromatic heterocycles. The van der Waals surface area contributed by atoms with Crippen LogP contribution in [-0.4, -0.2) is 26.3 Å². The van der Waals surface area contributed by atoms with E-state index in [1.165, 1.54) is 18.2 Å². The zero-order valence-corrected chi connectivity index (χ0v) is 12.9. The Balaban J connectivity index is 1.84. The van der Waals surface area contributed by atoms with Gasteiger partial charge in [-0.05, 0) is 36.4 Å². The van der Waals surface area contributed by atoms with E-state index in [0.717, 1.165) is 11.1 Å². The molecule has 0 saturated carbocycles. The summed E-state index contributed by atoms with van der Waals surface area (Å²) >= 11 is 0. The van der Waals surface area contributed by atoms with Gasteiger partial charge in [-0.15, -0.1) is 0 Å². The Morgan fingerprint density at radius 3 is 2.48 bits per heavy atom. The molecular weight excluding hydrogens is 321 g/mol. The first-order chi connectivity index (χ1) is 12.1. The smallest absolute Gasteiger partial charge is 0.335 e. The predicted octanol–water partition coefficient (Wildman–Crippen LogP) is 4.13. The van der Waals surface area contributed by atoms with Gasteiger partial charge in [0.25, 0.3) is 0 Å². The van der Waals surface area contributed by atoms with E-state index in [0.29, 0.717) is 22.5 Å². The summed E-state index contributed by atoms with van der Waals surface area (Å²) in [6.45, 7) is 0. The second-order valence-corrected chi connectivity index (χ2v) is 5.53. The van der Waals surface area contributed by atoms with Crippen molar-refractivity contribution >= 4 is 17.0 Å². The molecule has 122 valence electrons. The second kappa shape index (κ2) is 5.83. The van der Waals surface area contributed by atoms with Gasteiger partial charge in [0.15, 0.2) is 0 Å². The molecule has 2 aromatic carbocycles. The summed E-state index contributed by atoms with van der Waals surface area (Å²) in [6.07, 6.45) is 0. The SMILES string of the molecule is O=C(O)c1ccc(-c2n[nH]c3ccc(-c4ccccc4F)nc23)cc1. The Morgan fingerprint density at radius 1 is 1.00 bits per heavy atom. The molecule has 0 bridgehead atoms. The maximum absolute atomic E-state index is 14.0. The van der Waals surface area contributed by atoms with Crippen LogP contribution in [0.1, 0.15) is 10.4 Å². The van der Waals surface area contributed by atoms with E-state index in [4.69, 9.17) is 5.11 Å². The van der Waals surface area contributed by atoms with Crippen LogP contribution in [0.5, 0.6) is 0 Å². The summed E-state index contributed by atoms with van der Waals surface area (Å²) in [5.41, 5.74) is 3.76. The average Bonchev–Trinajstić information content (AvgIpc) is 3.05. The van der Waals surface area contributed by atoms with E-state index in [-0.39, 0.29) is 11.4 Å². The molecule has 4 aromatic rings. The van der Waals surface area contributed by atoms with Gasteiger partial charge < -0.3 is 5.11 Å². The number of nitrogens with one attached hydrogen (secondary N) is 1. The van der Waals surface area contributed by atoms with Crippen molar-refractivity contribution in [3.05, 3.63) is 72.0 Å². The fourth-order valence-electron chi connectivity index (χ4n) is 2.69. The molecule has 0 atom stereocenters. The van der Waals surface area contributed by atoms with E-state index < -0.39 is 5.97 Å². The summed E-state index contributed by atoms with van der Waals surface area (Å²) < 4.78 is 14.0. The number of fused-ring (bicyclic) bond motifs is 1. The van der Waals surface area contributed by atoms with Crippen molar-refractivity contribution < 1.29 is 14.3 Å². The van der Waals surface area contributed by atoms with Crippen LogP contribution < -0.4 is 0 Å². The highest BCUT2D eigenvalue weighted by molar-refractivity contribution is 5.92. The maximum Gasteiger partial charge on any atom is 0.335 e. The van der Waals surface area contributed by atoms with Gasteiger partial charge in [0.1, 0.15) is 17.0 Å². The third kappa shape index (κ3) is 2.63. The van der Waals surface area contributed by atoms with Crippen molar-refractivity contribution in [3.63, 3.8) is 0 Å². The van der Waals surface area contributed by atoms with E-state index in [2.05, 4.69) is 15.2 Å². The van der Waals surface area contributed by atoms with E-state index >= 15 is 0 Å². The zero-order valence-electron chi connectivity index (χ0n) is 12.9. The highest BCUT2D eigenvalue weighted by Crippen LogP contribution is 2.28. The topological polar surface area (TPSA) is 78.9 Å². The van der Waals surface area contributed by atoms with Crippen molar-refractivity contribution in [3.8, 4) is 22.5 Å². The number of carbonyl (C=O) groups is 1. The molecule has 4 rings (SSSR count). The van der Waals surface area contributed by atoms with Crippen LogP contribution in [0.25, 0.3) is 33.5 Å². The monoisotopic (exact) mass is 333 g/mol. The minimum Gasteiger partial charge on any atom is -0.478 e. The predicted molar refractivity (Wildman–Crippen MR) is 91.7 cm³/mol. The minimum absolute atomic E-state index is 0.198. The van der Waals surface area contributed by atoms with Gasteiger partial charge >= 0.3 is 5.97 Å². The maximum atomic E-state index is 14.0. The number of rotatable bonds is 3. The molecule has 0 aliphatic rings. The molecule has 0 aliphatic heterocycles. The molecule has 0 saturated heterocycles. The van der Waals surface area contributed by atoms with Crippen molar-refractivity contribution in [1.82, 2.24) is 15.2 Å². The van der Waals surface area contributed by atoms with E-state index in [1.54, 1.807) is 42.5 Å². The lowest BCUT2D eigenvalue weighted by atomic mass is 10.1. The fourth-order valence-corrected chi connectivity index (χ4v) is 2.69. The molecule has 0 aliphatic carbocycles. The quantitative estimate of drug-likeness (QED) is 0.591. The number of carboxylic acid groups (broad SMARTS) is 1. The second-order valence-electron chi connectivity index (χ2n) is 5.53. The van der Waals surface area contributed by atoms with Crippen LogP contribution in [0.2, 0.25) is 0 Å². The Hall–Kier alpha value is -3.54. The third-order valence-corrected chi connectivity index (χ3v) is 3.96. The lowest BCUT2D eigenvalue weighted by molar-refractivity contribution is 0.0697. The summed E-state index contributed by atoms with van der Waals surface area (Å²) in [6, 6.07) is 16.4. The summed E-state index contributed by atoms with van der Waals surface area (Å²) in [7, 11) is 0. The molecule has 2 heterocycles. The first-order valence-corrected chi connectivity index (χ1v) is 7.57. The molecule has 5 nitrogen and oxygen atoms in total. The lowest BCUT2D eigenvalue weighted by Crippen LogP contribution is -1.95. The Morgan fingerprint density at radius 2 is 1.76 bits per heavy atom. The Labute approximate surface area is 141 Å². The van der Waals surface area contributed by atoms with Crippen LogP contribution in [0, 0.1) is 5.82 Å². The van der Waals surface area contributed by atoms with Gasteiger partial charge in [0.2, 0.25) is 0 Å². The lowest BCUT2D eigenvalue weighted by Gasteiger charge is -2.03. The van der Waals surface area contributed by atoms with E-state index in [9.17, 15) is 9.18 Å². The van der Waals surface area contributed by atoms with Crippen LogP contribution in [0.15, 0.2) is 60.7 Å². The molecule has 0 radical (unpaired) electrons. The molecule has 2 N–H and O–H groups in total. The highest BCUT2D eigenvalue weighted by Gasteiger charge is 2.13. The van der Waals surface area contributed by atoms with Gasteiger partial charge in [-0.3, -0.25) is 5.10 Å². The fraction of sp³-hybridized carbons (Fsp3) is 0. The molecule has 25 heavy (non-hydrogen) atoms. The number of aromatic amines is 1. The molecule has 0 unspecified atom stereocenters. The number of aromatic nitrogens is 3. The number of pyridine rings is 1. The van der Waals surface area contributed by atoms with Crippen LogP contribution >= 0.6 is 0 Å². The van der Waals surface area contributed by atoms with Gasteiger partial charge in [0.05, 0.1) is 16.8 Å². The minimum atomic E-state index is -0.988. The van der Waals surface area contributed by atoms with E-state index in [1.807, 2.05) is 0 Å². The number of aromatic carboxylic acids is 1. The normalized spacial score (nSPS) is 10.9. The molecule has 0 spiro atoms. The van der Waals surface area contributed by atoms with Gasteiger partial charge in [-0.2, -0.15) is 5.10 Å². The summed E-state index contributed by atoms with van der Waals surface area (Å²) in [4.78, 5) is 15.5. The molecule has 6 heteroatoms. The zero-order chi connectivity index (χ0) is 17.4. The number of hydrogen-bond donors (Lipinski definition) is 2. The largest absolute Gasteiger partial charge is 0.478 e. The van der Waals surface area contributed by atoms with Crippen molar-refractivity contribution in [2.75, 3.05) is 0 Å². The van der Waals surface area contributed by atoms with Crippen molar-refractivity contribution in [1.29, 1.82) is 0 Å². The number of hydrogen-bond acceptors (Lipinski definition) is 3. The van der Waals surface area contributed by atoms with Gasteiger partial charge in [0, 0.05) is 11.1 Å². The summed E-state index contributed by atoms with van der Waals surface area (Å²) in [5.74, 6) is -1.33. The number of nitrogens with zero attached hydrogens (tertiary/aromatic N) is 2. The highest BCUT2D eigenvalue weighted by atomic mass is 19.1. The standard InChI is InChI=1S/C19H12FN3O2/c20-14-4-2-1-3-13(14)15-9-10-16-18(21-15)17(23-22-16)11-5-7-12(8-6-11)19(24)25/h1-10H,(H,22,23)(H,24,25). The average molecular weight is 333 g/mol. The third-order valence-electron chi connectivity index (χ3n) is 3.96. The first-order valence-electron chi connectivity index (χ1n) is 7.57. The van der Waals surface area contributed by atoms with Crippen LogP contribution in [0.3, 0.4) is 0 Å². The van der Waals surface area contributed by atoms with Gasteiger partial charge in [-0.1, -0.05) is 24.3 Å². The molecule has 0 amide bonds. The molecular formula is C19H12FN3O2. The van der Waals surface area contributed by atoms with Crippen molar-refractivity contribution in [2.45, 2.75) is 0 Å². The summed E-state index contributed by atoms with van der Waals surface area (Å²) in [5, 5.41) is 16.2. The number of halogens is 1. The number of H-pyrrole nitrogens is 1. The molecule has 0 fully saturated rings. The first kappa shape index (κ1) is 15.0. The van der Waals surface area contributed by atoms with Gasteiger partial charge in [-0.25, -0.2) is 14.2 Å². The van der Waals surface area contributed by atoms with Crippen LogP contribution in [0.4, 0.5) is 4.39 Å². The Kier molecular flexibility index (Phi) is 3.50. The number of carboxylic acids is 1. The van der Waals surface area contributed by atoms with Crippen LogP contribution in [-0.2, 0) is 0 Å². The van der Waals surface area contributed by atoms with Crippen molar-refractivity contribution in [2.24, 2.45) is 0 Å². The number of benzene rings is 2.